The first-order chi connectivity index (χ1) is 12.9. The van der Waals surface area contributed by atoms with Crippen molar-refractivity contribution in [2.45, 2.75) is 45.2 Å². The Morgan fingerprint density at radius 3 is 2.41 bits per heavy atom. The highest BCUT2D eigenvalue weighted by Gasteiger charge is 2.42. The number of carbonyl (C=O) groups excluding carboxylic acids is 2. The van der Waals surface area contributed by atoms with Crippen LogP contribution in [-0.4, -0.2) is 46.5 Å². The molecule has 0 aliphatic carbocycles. The van der Waals surface area contributed by atoms with Crippen LogP contribution in [-0.2, 0) is 4.79 Å². The summed E-state index contributed by atoms with van der Waals surface area (Å²) in [6.07, 6.45) is 1.03. The minimum Gasteiger partial charge on any atom is -0.371 e. The van der Waals surface area contributed by atoms with Gasteiger partial charge in [-0.25, -0.2) is 0 Å². The number of benzene rings is 1. The molecule has 0 bridgehead atoms. The first kappa shape index (κ1) is 18.9. The normalized spacial score (nSPS) is 16.2. The molecule has 1 aliphatic rings. The minimum absolute atomic E-state index is 0.0364. The summed E-state index contributed by atoms with van der Waals surface area (Å²) in [6.45, 7) is 6.58. The fourth-order valence-electron chi connectivity index (χ4n) is 3.33. The van der Waals surface area contributed by atoms with Crippen LogP contribution < -0.4 is 10.6 Å². The second-order valence-electron chi connectivity index (χ2n) is 7.32. The van der Waals surface area contributed by atoms with Crippen LogP contribution in [0.15, 0.2) is 40.9 Å². The van der Waals surface area contributed by atoms with Gasteiger partial charge in [0, 0.05) is 30.9 Å². The van der Waals surface area contributed by atoms with E-state index in [1.165, 1.54) is 0 Å². The van der Waals surface area contributed by atoms with Gasteiger partial charge in [0.15, 0.2) is 5.69 Å². The average Bonchev–Trinajstić information content (AvgIpc) is 3.08. The highest BCUT2D eigenvalue weighted by atomic mass is 16.5. The molecule has 144 valence electrons. The Morgan fingerprint density at radius 1 is 1.19 bits per heavy atom. The number of aryl methyl sites for hydroxylation is 1. The standard InChI is InChI=1S/C20H26N4O3/c1-14(2)21-19(26)20(22-16-7-5-4-6-8-16)9-11-24(12-10-20)18(25)17-13-15(3)27-23-17/h4-8,13-14,22H,9-12H2,1-3H3,(H,21,26). The van der Waals surface area contributed by atoms with Crippen molar-refractivity contribution >= 4 is 17.5 Å². The maximum absolute atomic E-state index is 13.0. The molecule has 27 heavy (non-hydrogen) atoms. The Morgan fingerprint density at radius 2 is 1.85 bits per heavy atom. The average molecular weight is 370 g/mol. The lowest BCUT2D eigenvalue weighted by Gasteiger charge is -2.42. The lowest BCUT2D eigenvalue weighted by molar-refractivity contribution is -0.127. The van der Waals surface area contributed by atoms with E-state index in [-0.39, 0.29) is 17.9 Å². The van der Waals surface area contributed by atoms with Gasteiger partial charge in [-0.1, -0.05) is 23.4 Å². The lowest BCUT2D eigenvalue weighted by atomic mass is 9.85. The van der Waals surface area contributed by atoms with E-state index in [2.05, 4.69) is 15.8 Å². The Kier molecular flexibility index (Phi) is 5.48. The van der Waals surface area contributed by atoms with E-state index in [0.717, 1.165) is 5.69 Å². The van der Waals surface area contributed by atoms with Crippen LogP contribution in [0, 0.1) is 6.92 Å². The maximum Gasteiger partial charge on any atom is 0.276 e. The summed E-state index contributed by atoms with van der Waals surface area (Å²) in [5.74, 6) is 0.405. The van der Waals surface area contributed by atoms with Crippen molar-refractivity contribution in [2.24, 2.45) is 0 Å². The van der Waals surface area contributed by atoms with E-state index >= 15 is 0 Å². The van der Waals surface area contributed by atoms with Crippen LogP contribution in [0.25, 0.3) is 0 Å². The Balaban J connectivity index is 1.75. The predicted octanol–water partition coefficient (Wildman–Crippen LogP) is 2.59. The Hall–Kier alpha value is -2.83. The molecule has 2 heterocycles. The van der Waals surface area contributed by atoms with Crippen molar-refractivity contribution in [1.82, 2.24) is 15.4 Å². The minimum atomic E-state index is -0.748. The molecular weight excluding hydrogens is 344 g/mol. The van der Waals surface area contributed by atoms with E-state index in [4.69, 9.17) is 4.52 Å². The van der Waals surface area contributed by atoms with Gasteiger partial charge in [-0.05, 0) is 45.7 Å². The number of piperidine rings is 1. The van der Waals surface area contributed by atoms with Gasteiger partial charge >= 0.3 is 0 Å². The van der Waals surface area contributed by atoms with Gasteiger partial charge in [0.2, 0.25) is 5.91 Å². The molecule has 3 rings (SSSR count). The summed E-state index contributed by atoms with van der Waals surface area (Å²) < 4.78 is 5.00. The highest BCUT2D eigenvalue weighted by molar-refractivity contribution is 5.93. The molecule has 0 radical (unpaired) electrons. The fourth-order valence-corrected chi connectivity index (χ4v) is 3.33. The van der Waals surface area contributed by atoms with Crippen molar-refractivity contribution in [2.75, 3.05) is 18.4 Å². The molecule has 7 nitrogen and oxygen atoms in total. The van der Waals surface area contributed by atoms with Crippen LogP contribution >= 0.6 is 0 Å². The van der Waals surface area contributed by atoms with Crippen LogP contribution in [0.1, 0.15) is 42.9 Å². The smallest absolute Gasteiger partial charge is 0.276 e. The molecule has 0 atom stereocenters. The summed E-state index contributed by atoms with van der Waals surface area (Å²) in [5.41, 5.74) is 0.452. The number of aromatic nitrogens is 1. The third-order valence-electron chi connectivity index (χ3n) is 4.76. The summed E-state index contributed by atoms with van der Waals surface area (Å²) in [4.78, 5) is 27.3. The maximum atomic E-state index is 13.0. The van der Waals surface area contributed by atoms with Crippen molar-refractivity contribution in [3.8, 4) is 0 Å². The molecule has 0 spiro atoms. The third kappa shape index (κ3) is 4.30. The monoisotopic (exact) mass is 370 g/mol. The zero-order valence-electron chi connectivity index (χ0n) is 16.0. The molecule has 1 aromatic heterocycles. The number of likely N-dealkylation sites (tertiary alicyclic amines) is 1. The second-order valence-corrected chi connectivity index (χ2v) is 7.32. The first-order valence-corrected chi connectivity index (χ1v) is 9.26. The number of nitrogens with one attached hydrogen (secondary N) is 2. The van der Waals surface area contributed by atoms with Crippen molar-refractivity contribution in [3.05, 3.63) is 47.9 Å². The molecular formula is C20H26N4O3. The van der Waals surface area contributed by atoms with Gasteiger partial charge in [-0.2, -0.15) is 0 Å². The molecule has 1 aromatic carbocycles. The number of amides is 2. The molecule has 1 saturated heterocycles. The van der Waals surface area contributed by atoms with Gasteiger partial charge < -0.3 is 20.1 Å². The number of nitrogens with zero attached hydrogens (tertiary/aromatic N) is 2. The summed E-state index contributed by atoms with van der Waals surface area (Å²) in [7, 11) is 0. The fraction of sp³-hybridized carbons (Fsp3) is 0.450. The molecule has 0 saturated carbocycles. The summed E-state index contributed by atoms with van der Waals surface area (Å²) in [5, 5.41) is 10.2. The quantitative estimate of drug-likeness (QED) is 0.845. The predicted molar refractivity (Wildman–Crippen MR) is 102 cm³/mol. The molecule has 1 aliphatic heterocycles. The topological polar surface area (TPSA) is 87.5 Å². The molecule has 1 fully saturated rings. The van der Waals surface area contributed by atoms with Crippen molar-refractivity contribution in [1.29, 1.82) is 0 Å². The third-order valence-corrected chi connectivity index (χ3v) is 4.76. The SMILES string of the molecule is Cc1cc(C(=O)N2CCC(Nc3ccccc3)(C(=O)NC(C)C)CC2)no1. The zero-order valence-corrected chi connectivity index (χ0v) is 16.0. The van der Waals surface area contributed by atoms with E-state index in [9.17, 15) is 9.59 Å². The van der Waals surface area contributed by atoms with E-state index in [1.54, 1.807) is 17.9 Å². The van der Waals surface area contributed by atoms with E-state index in [0.29, 0.717) is 37.4 Å². The number of carbonyl (C=O) groups is 2. The highest BCUT2D eigenvalue weighted by Crippen LogP contribution is 2.28. The van der Waals surface area contributed by atoms with Crippen LogP contribution in [0.3, 0.4) is 0 Å². The second kappa shape index (κ2) is 7.82. The van der Waals surface area contributed by atoms with Crippen LogP contribution in [0.4, 0.5) is 5.69 Å². The molecule has 2 N–H and O–H groups in total. The van der Waals surface area contributed by atoms with Crippen LogP contribution in [0.5, 0.6) is 0 Å². The Labute approximate surface area is 159 Å². The van der Waals surface area contributed by atoms with Gasteiger partial charge in [0.05, 0.1) is 0 Å². The van der Waals surface area contributed by atoms with Gasteiger partial charge in [0.1, 0.15) is 11.3 Å². The molecule has 2 aromatic rings. The number of hydrogen-bond donors (Lipinski definition) is 2. The number of rotatable bonds is 5. The first-order valence-electron chi connectivity index (χ1n) is 9.26. The molecule has 2 amide bonds. The Bertz CT molecular complexity index is 793. The number of para-hydroxylation sites is 1. The summed E-state index contributed by atoms with van der Waals surface area (Å²) >= 11 is 0. The van der Waals surface area contributed by atoms with Crippen LogP contribution in [0.2, 0.25) is 0 Å². The van der Waals surface area contributed by atoms with Crippen molar-refractivity contribution in [3.63, 3.8) is 0 Å². The summed E-state index contributed by atoms with van der Waals surface area (Å²) in [6, 6.07) is 11.4. The van der Waals surface area contributed by atoms with Gasteiger partial charge in [-0.3, -0.25) is 9.59 Å². The largest absolute Gasteiger partial charge is 0.371 e. The lowest BCUT2D eigenvalue weighted by Crippen LogP contribution is -2.60. The number of anilines is 1. The number of hydrogen-bond acceptors (Lipinski definition) is 5. The van der Waals surface area contributed by atoms with E-state index in [1.807, 2.05) is 44.2 Å². The van der Waals surface area contributed by atoms with Gasteiger partial charge in [-0.15, -0.1) is 0 Å². The van der Waals surface area contributed by atoms with Gasteiger partial charge in [0.25, 0.3) is 5.91 Å². The molecule has 7 heteroatoms. The molecule has 0 unspecified atom stereocenters. The van der Waals surface area contributed by atoms with Crippen molar-refractivity contribution < 1.29 is 14.1 Å². The van der Waals surface area contributed by atoms with E-state index < -0.39 is 5.54 Å². The zero-order chi connectivity index (χ0) is 19.4.